The highest BCUT2D eigenvalue weighted by molar-refractivity contribution is 7.99. The van der Waals surface area contributed by atoms with Gasteiger partial charge < -0.3 is 9.47 Å². The molecule has 146 valence electrons. The van der Waals surface area contributed by atoms with E-state index in [1.165, 1.54) is 24.6 Å². The highest BCUT2D eigenvalue weighted by Crippen LogP contribution is 2.39. The Bertz CT molecular complexity index is 904. The number of benzene rings is 2. The highest BCUT2D eigenvalue weighted by atomic mass is 35.5. The molecule has 2 aromatic carbocycles. The molecule has 27 heavy (non-hydrogen) atoms. The topological polar surface area (TPSA) is 55.8 Å². The molecule has 0 aromatic heterocycles. The molecule has 1 heterocycles. The maximum absolute atomic E-state index is 13.1. The Hall–Kier alpha value is -1.41. The van der Waals surface area contributed by atoms with Crippen LogP contribution in [0.2, 0.25) is 5.02 Å². The van der Waals surface area contributed by atoms with E-state index in [9.17, 15) is 8.42 Å². The predicted molar refractivity (Wildman–Crippen MR) is 110 cm³/mol. The standard InChI is InChI=1S/C19H22ClNO4S2/c1-24-17-8-7-14(13-18(17)25-2)27(22,23)21-10-9-19(26-12-11-21)15-5-3-4-6-16(15)20/h3-8,13,19H,9-12H2,1-2H3. The third kappa shape index (κ3) is 4.37. The smallest absolute Gasteiger partial charge is 0.243 e. The van der Waals surface area contributed by atoms with Gasteiger partial charge in [0.2, 0.25) is 10.0 Å². The van der Waals surface area contributed by atoms with Crippen LogP contribution in [0.15, 0.2) is 47.4 Å². The molecule has 8 heteroatoms. The first-order valence-electron chi connectivity index (χ1n) is 8.55. The molecule has 1 unspecified atom stereocenters. The Balaban J connectivity index is 1.81. The van der Waals surface area contributed by atoms with E-state index in [4.69, 9.17) is 21.1 Å². The van der Waals surface area contributed by atoms with Crippen LogP contribution in [0, 0.1) is 0 Å². The molecule has 1 fully saturated rings. The zero-order chi connectivity index (χ0) is 19.4. The van der Waals surface area contributed by atoms with Crippen LogP contribution < -0.4 is 9.47 Å². The van der Waals surface area contributed by atoms with Gasteiger partial charge in [-0.3, -0.25) is 0 Å². The van der Waals surface area contributed by atoms with Crippen LogP contribution in [0.5, 0.6) is 11.5 Å². The summed E-state index contributed by atoms with van der Waals surface area (Å²) < 4.78 is 38.2. The van der Waals surface area contributed by atoms with Crippen LogP contribution in [0.1, 0.15) is 17.2 Å². The van der Waals surface area contributed by atoms with Crippen molar-refractivity contribution in [2.24, 2.45) is 0 Å². The molecule has 0 N–H and O–H groups in total. The van der Waals surface area contributed by atoms with Crippen LogP contribution in [0.4, 0.5) is 0 Å². The van der Waals surface area contributed by atoms with E-state index in [0.717, 1.165) is 10.6 Å². The second kappa shape index (κ2) is 8.73. The minimum Gasteiger partial charge on any atom is -0.493 e. The maximum atomic E-state index is 13.1. The maximum Gasteiger partial charge on any atom is 0.243 e. The van der Waals surface area contributed by atoms with Gasteiger partial charge in [-0.05, 0) is 30.2 Å². The summed E-state index contributed by atoms with van der Waals surface area (Å²) in [5.74, 6) is 1.61. The average molecular weight is 428 g/mol. The van der Waals surface area contributed by atoms with E-state index in [-0.39, 0.29) is 10.1 Å². The number of hydrogen-bond donors (Lipinski definition) is 0. The van der Waals surface area contributed by atoms with Gasteiger partial charge in [-0.1, -0.05) is 29.8 Å². The van der Waals surface area contributed by atoms with Crippen molar-refractivity contribution >= 4 is 33.4 Å². The fourth-order valence-electron chi connectivity index (χ4n) is 3.10. The number of thioether (sulfide) groups is 1. The lowest BCUT2D eigenvalue weighted by Gasteiger charge is -2.21. The number of rotatable bonds is 5. The second-order valence-corrected chi connectivity index (χ2v) is 9.75. The summed E-state index contributed by atoms with van der Waals surface area (Å²) in [5, 5.41) is 0.913. The summed E-state index contributed by atoms with van der Waals surface area (Å²) in [6, 6.07) is 12.4. The van der Waals surface area contributed by atoms with Crippen LogP contribution in [-0.2, 0) is 10.0 Å². The van der Waals surface area contributed by atoms with Crippen molar-refractivity contribution in [2.45, 2.75) is 16.6 Å². The molecule has 1 aliphatic rings. The quantitative estimate of drug-likeness (QED) is 0.714. The van der Waals surface area contributed by atoms with Gasteiger partial charge in [0, 0.05) is 35.2 Å². The summed E-state index contributed by atoms with van der Waals surface area (Å²) in [6.45, 7) is 0.905. The molecular weight excluding hydrogens is 406 g/mol. The molecule has 0 bridgehead atoms. The SMILES string of the molecule is COc1ccc(S(=O)(=O)N2CCSC(c3ccccc3Cl)CC2)cc1OC. The normalized spacial score (nSPS) is 18.7. The highest BCUT2D eigenvalue weighted by Gasteiger charge is 2.29. The summed E-state index contributed by atoms with van der Waals surface area (Å²) in [4.78, 5) is 0.210. The van der Waals surface area contributed by atoms with E-state index in [1.54, 1.807) is 23.9 Å². The fourth-order valence-corrected chi connectivity index (χ4v) is 6.29. The largest absolute Gasteiger partial charge is 0.493 e. The molecule has 1 aliphatic heterocycles. The monoisotopic (exact) mass is 427 g/mol. The van der Waals surface area contributed by atoms with E-state index >= 15 is 0 Å². The minimum absolute atomic E-state index is 0.185. The number of sulfonamides is 1. The molecule has 0 saturated carbocycles. The molecule has 5 nitrogen and oxygen atoms in total. The summed E-state index contributed by atoms with van der Waals surface area (Å²) in [6.07, 6.45) is 0.709. The molecule has 0 spiro atoms. The molecule has 0 amide bonds. The number of methoxy groups -OCH3 is 2. The Labute approximate surface area is 169 Å². The first-order chi connectivity index (χ1) is 13.0. The van der Waals surface area contributed by atoms with Gasteiger partial charge in [0.15, 0.2) is 11.5 Å². The van der Waals surface area contributed by atoms with Gasteiger partial charge in [-0.15, -0.1) is 0 Å². The lowest BCUT2D eigenvalue weighted by molar-refractivity contribution is 0.353. The number of hydrogen-bond acceptors (Lipinski definition) is 5. The lowest BCUT2D eigenvalue weighted by Crippen LogP contribution is -2.33. The predicted octanol–water partition coefficient (Wildman–Crippen LogP) is 4.23. The van der Waals surface area contributed by atoms with Crippen molar-refractivity contribution in [2.75, 3.05) is 33.1 Å². The summed E-state index contributed by atoms with van der Waals surface area (Å²) in [5.41, 5.74) is 1.06. The fraction of sp³-hybridized carbons (Fsp3) is 0.368. The first kappa shape index (κ1) is 20.3. The van der Waals surface area contributed by atoms with E-state index < -0.39 is 10.0 Å². The van der Waals surface area contributed by atoms with Crippen molar-refractivity contribution in [3.63, 3.8) is 0 Å². The Morgan fingerprint density at radius 3 is 2.52 bits per heavy atom. The molecule has 0 aliphatic carbocycles. The Morgan fingerprint density at radius 2 is 1.81 bits per heavy atom. The van der Waals surface area contributed by atoms with Crippen molar-refractivity contribution in [3.05, 3.63) is 53.1 Å². The van der Waals surface area contributed by atoms with Crippen molar-refractivity contribution in [1.29, 1.82) is 0 Å². The molecule has 3 rings (SSSR count). The summed E-state index contributed by atoms with van der Waals surface area (Å²) >= 11 is 8.07. The van der Waals surface area contributed by atoms with Gasteiger partial charge in [0.1, 0.15) is 0 Å². The number of halogens is 1. The first-order valence-corrected chi connectivity index (χ1v) is 11.4. The van der Waals surface area contributed by atoms with Gasteiger partial charge in [0.05, 0.1) is 19.1 Å². The third-order valence-corrected chi connectivity index (χ3v) is 8.09. The van der Waals surface area contributed by atoms with Gasteiger partial charge in [0.25, 0.3) is 0 Å². The van der Waals surface area contributed by atoms with Crippen molar-refractivity contribution in [3.8, 4) is 11.5 Å². The van der Waals surface area contributed by atoms with E-state index in [0.29, 0.717) is 36.8 Å². The summed E-state index contributed by atoms with van der Waals surface area (Å²) in [7, 11) is -0.595. The van der Waals surface area contributed by atoms with Crippen molar-refractivity contribution in [1.82, 2.24) is 4.31 Å². The van der Waals surface area contributed by atoms with Crippen LogP contribution in [0.3, 0.4) is 0 Å². The molecular formula is C19H22ClNO4S2. The van der Waals surface area contributed by atoms with E-state index in [1.807, 2.05) is 24.3 Å². The average Bonchev–Trinajstić information content (AvgIpc) is 2.94. The van der Waals surface area contributed by atoms with Crippen LogP contribution in [-0.4, -0.2) is 45.8 Å². The Morgan fingerprint density at radius 1 is 1.07 bits per heavy atom. The van der Waals surface area contributed by atoms with Crippen LogP contribution >= 0.6 is 23.4 Å². The number of nitrogens with zero attached hydrogens (tertiary/aromatic N) is 1. The third-order valence-electron chi connectivity index (χ3n) is 4.55. The Kier molecular flexibility index (Phi) is 6.57. The molecule has 1 saturated heterocycles. The van der Waals surface area contributed by atoms with Crippen LogP contribution in [0.25, 0.3) is 0 Å². The van der Waals surface area contributed by atoms with Gasteiger partial charge in [-0.2, -0.15) is 16.1 Å². The molecule has 1 atom stereocenters. The minimum atomic E-state index is -3.61. The second-order valence-electron chi connectivity index (χ2n) is 6.09. The van der Waals surface area contributed by atoms with Gasteiger partial charge >= 0.3 is 0 Å². The van der Waals surface area contributed by atoms with E-state index in [2.05, 4.69) is 0 Å². The van der Waals surface area contributed by atoms with Gasteiger partial charge in [-0.25, -0.2) is 8.42 Å². The zero-order valence-corrected chi connectivity index (χ0v) is 17.6. The van der Waals surface area contributed by atoms with Crippen molar-refractivity contribution < 1.29 is 17.9 Å². The molecule has 0 radical (unpaired) electrons. The molecule has 2 aromatic rings. The zero-order valence-electron chi connectivity index (χ0n) is 15.2. The number of ether oxygens (including phenoxy) is 2. The lowest BCUT2D eigenvalue weighted by atomic mass is 10.1.